The second-order valence-electron chi connectivity index (χ2n) is 6.21. The predicted octanol–water partition coefficient (Wildman–Crippen LogP) is 3.05. The van der Waals surface area contributed by atoms with Crippen LogP contribution in [-0.4, -0.2) is 54.1 Å². The van der Waals surface area contributed by atoms with Crippen LogP contribution < -0.4 is 10.1 Å². The summed E-state index contributed by atoms with van der Waals surface area (Å²) in [4.78, 5) is 6.47. The molecule has 2 rings (SSSR count). The molecule has 1 N–H and O–H groups in total. The number of nitrogens with one attached hydrogen (secondary N) is 1. The van der Waals surface area contributed by atoms with E-state index in [0.717, 1.165) is 18.1 Å². The second-order valence-corrected chi connectivity index (χ2v) is 7.79. The molecule has 0 saturated heterocycles. The molecular formula is C21H28FN3O2S. The SMILES string of the molecule is CCNC(=NCCS(=O)Cc1ccccc1)N(C)CCOc1ccccc1F. The molecule has 0 saturated carbocycles. The van der Waals surface area contributed by atoms with Gasteiger partial charge in [0.1, 0.15) is 6.61 Å². The number of aliphatic imine (C=N–C) groups is 1. The maximum atomic E-state index is 13.6. The molecule has 5 nitrogen and oxygen atoms in total. The van der Waals surface area contributed by atoms with E-state index in [9.17, 15) is 8.60 Å². The van der Waals surface area contributed by atoms with Crippen molar-refractivity contribution >= 4 is 16.8 Å². The van der Waals surface area contributed by atoms with Gasteiger partial charge in [-0.1, -0.05) is 42.5 Å². The highest BCUT2D eigenvalue weighted by Gasteiger charge is 2.08. The van der Waals surface area contributed by atoms with Crippen molar-refractivity contribution in [2.45, 2.75) is 12.7 Å². The third-order valence-electron chi connectivity index (χ3n) is 3.97. The summed E-state index contributed by atoms with van der Waals surface area (Å²) in [5.41, 5.74) is 1.07. The normalized spacial score (nSPS) is 12.5. The molecule has 2 aromatic rings. The van der Waals surface area contributed by atoms with Crippen LogP contribution in [0, 0.1) is 5.82 Å². The molecule has 0 spiro atoms. The lowest BCUT2D eigenvalue weighted by atomic mass is 10.2. The van der Waals surface area contributed by atoms with Crippen LogP contribution in [0.4, 0.5) is 4.39 Å². The van der Waals surface area contributed by atoms with E-state index in [1.807, 2.05) is 49.2 Å². The summed E-state index contributed by atoms with van der Waals surface area (Å²) in [5, 5.41) is 3.21. The van der Waals surface area contributed by atoms with E-state index in [-0.39, 0.29) is 11.6 Å². The second kappa shape index (κ2) is 12.1. The molecule has 28 heavy (non-hydrogen) atoms. The van der Waals surface area contributed by atoms with Crippen molar-refractivity contribution in [2.75, 3.05) is 39.0 Å². The van der Waals surface area contributed by atoms with Crippen LogP contribution in [0.15, 0.2) is 59.6 Å². The van der Waals surface area contributed by atoms with Crippen molar-refractivity contribution in [2.24, 2.45) is 4.99 Å². The van der Waals surface area contributed by atoms with Gasteiger partial charge < -0.3 is 15.0 Å². The lowest BCUT2D eigenvalue weighted by molar-refractivity contribution is 0.270. The van der Waals surface area contributed by atoms with Crippen LogP contribution in [-0.2, 0) is 16.6 Å². The summed E-state index contributed by atoms with van der Waals surface area (Å²) in [5.74, 6) is 1.64. The molecule has 7 heteroatoms. The van der Waals surface area contributed by atoms with E-state index < -0.39 is 10.8 Å². The highest BCUT2D eigenvalue weighted by Crippen LogP contribution is 2.15. The minimum atomic E-state index is -0.957. The molecule has 0 amide bonds. The zero-order chi connectivity index (χ0) is 20.2. The Morgan fingerprint density at radius 3 is 2.61 bits per heavy atom. The molecule has 0 aliphatic heterocycles. The Balaban J connectivity index is 1.79. The molecule has 1 unspecified atom stereocenters. The zero-order valence-electron chi connectivity index (χ0n) is 16.4. The van der Waals surface area contributed by atoms with Crippen molar-refractivity contribution in [3.8, 4) is 5.75 Å². The van der Waals surface area contributed by atoms with Crippen LogP contribution in [0.5, 0.6) is 5.75 Å². The molecular weight excluding hydrogens is 377 g/mol. The number of hydrogen-bond donors (Lipinski definition) is 1. The number of para-hydroxylation sites is 1. The summed E-state index contributed by atoms with van der Waals surface area (Å²) in [7, 11) is 0.939. The maximum Gasteiger partial charge on any atom is 0.193 e. The summed E-state index contributed by atoms with van der Waals surface area (Å²) in [6.07, 6.45) is 0. The topological polar surface area (TPSA) is 53.9 Å². The third-order valence-corrected chi connectivity index (χ3v) is 5.26. The minimum absolute atomic E-state index is 0.245. The summed E-state index contributed by atoms with van der Waals surface area (Å²) >= 11 is 0. The third kappa shape index (κ3) is 7.68. The first-order valence-electron chi connectivity index (χ1n) is 9.35. The Hall–Kier alpha value is -2.41. The van der Waals surface area contributed by atoms with Gasteiger partial charge in [0.15, 0.2) is 17.5 Å². The van der Waals surface area contributed by atoms with E-state index in [4.69, 9.17) is 4.74 Å². The lowest BCUT2D eigenvalue weighted by Gasteiger charge is -2.22. The first-order chi connectivity index (χ1) is 13.6. The first-order valence-corrected chi connectivity index (χ1v) is 10.8. The highest BCUT2D eigenvalue weighted by atomic mass is 32.2. The van der Waals surface area contributed by atoms with Crippen LogP contribution in [0.3, 0.4) is 0 Å². The van der Waals surface area contributed by atoms with E-state index in [0.29, 0.717) is 31.2 Å². The molecule has 152 valence electrons. The number of ether oxygens (including phenoxy) is 1. The molecule has 0 heterocycles. The smallest absolute Gasteiger partial charge is 0.193 e. The molecule has 0 fully saturated rings. The number of benzene rings is 2. The van der Waals surface area contributed by atoms with E-state index in [1.165, 1.54) is 6.07 Å². The maximum absolute atomic E-state index is 13.6. The van der Waals surface area contributed by atoms with Gasteiger partial charge in [0.2, 0.25) is 0 Å². The van der Waals surface area contributed by atoms with Crippen LogP contribution in [0.2, 0.25) is 0 Å². The number of nitrogens with zero attached hydrogens (tertiary/aromatic N) is 2. The van der Waals surface area contributed by atoms with Gasteiger partial charge in [-0.25, -0.2) is 4.39 Å². The van der Waals surface area contributed by atoms with Crippen molar-refractivity contribution < 1.29 is 13.3 Å². The van der Waals surface area contributed by atoms with Crippen molar-refractivity contribution in [1.82, 2.24) is 10.2 Å². The minimum Gasteiger partial charge on any atom is -0.489 e. The van der Waals surface area contributed by atoms with Gasteiger partial charge in [-0.05, 0) is 24.6 Å². The molecule has 1 atom stereocenters. The number of halogens is 1. The van der Waals surface area contributed by atoms with Crippen LogP contribution >= 0.6 is 0 Å². The van der Waals surface area contributed by atoms with E-state index >= 15 is 0 Å². The standard InChI is InChI=1S/C21H28FN3O2S/c1-3-23-21(24-13-16-28(26)17-18-9-5-4-6-10-18)25(2)14-15-27-20-12-8-7-11-19(20)22/h4-12H,3,13-17H2,1-2H3,(H,23,24). The lowest BCUT2D eigenvalue weighted by Crippen LogP contribution is -2.41. The van der Waals surface area contributed by atoms with Gasteiger partial charge in [-0.3, -0.25) is 9.20 Å². The van der Waals surface area contributed by atoms with E-state index in [2.05, 4.69) is 10.3 Å². The van der Waals surface area contributed by atoms with Crippen molar-refractivity contribution in [3.05, 3.63) is 66.0 Å². The van der Waals surface area contributed by atoms with Crippen LogP contribution in [0.1, 0.15) is 12.5 Å². The largest absolute Gasteiger partial charge is 0.489 e. The van der Waals surface area contributed by atoms with Crippen molar-refractivity contribution in [3.63, 3.8) is 0 Å². The Bertz CT molecular complexity index is 771. The van der Waals surface area contributed by atoms with Crippen LogP contribution in [0.25, 0.3) is 0 Å². The van der Waals surface area contributed by atoms with Gasteiger partial charge >= 0.3 is 0 Å². The molecule has 0 radical (unpaired) electrons. The van der Waals surface area contributed by atoms with Gasteiger partial charge in [-0.15, -0.1) is 0 Å². The molecule has 2 aromatic carbocycles. The highest BCUT2D eigenvalue weighted by molar-refractivity contribution is 7.84. The molecule has 0 bridgehead atoms. The Labute approximate surface area is 169 Å². The fourth-order valence-corrected chi connectivity index (χ4v) is 3.52. The zero-order valence-corrected chi connectivity index (χ0v) is 17.3. The first kappa shape index (κ1) is 21.9. The predicted molar refractivity (Wildman–Crippen MR) is 114 cm³/mol. The summed E-state index contributed by atoms with van der Waals surface area (Å²) < 4.78 is 31.3. The molecule has 0 aliphatic carbocycles. The quantitative estimate of drug-likeness (QED) is 0.488. The Morgan fingerprint density at radius 2 is 1.89 bits per heavy atom. The van der Waals surface area contributed by atoms with E-state index in [1.54, 1.807) is 18.2 Å². The number of hydrogen-bond acceptors (Lipinski definition) is 3. The van der Waals surface area contributed by atoms with Gasteiger partial charge in [0, 0.05) is 35.9 Å². The average Bonchev–Trinajstić information content (AvgIpc) is 2.69. The average molecular weight is 406 g/mol. The van der Waals surface area contributed by atoms with Gasteiger partial charge in [0.25, 0.3) is 0 Å². The summed E-state index contributed by atoms with van der Waals surface area (Å²) in [6.45, 7) is 4.08. The number of guanidine groups is 1. The fraction of sp³-hybridized carbons (Fsp3) is 0.381. The fourth-order valence-electron chi connectivity index (χ4n) is 2.52. The number of likely N-dealkylation sites (N-methyl/N-ethyl adjacent to an activating group) is 1. The number of rotatable bonds is 10. The summed E-state index contributed by atoms with van der Waals surface area (Å²) in [6, 6.07) is 16.2. The monoisotopic (exact) mass is 405 g/mol. The Kier molecular flexibility index (Phi) is 9.48. The van der Waals surface area contributed by atoms with Crippen molar-refractivity contribution in [1.29, 1.82) is 0 Å². The Morgan fingerprint density at radius 1 is 1.18 bits per heavy atom. The molecule has 0 aromatic heterocycles. The van der Waals surface area contributed by atoms with Gasteiger partial charge in [0.05, 0.1) is 13.1 Å². The molecule has 0 aliphatic rings. The van der Waals surface area contributed by atoms with Gasteiger partial charge in [-0.2, -0.15) is 0 Å².